The molecule has 0 spiro atoms. The van der Waals surface area contributed by atoms with Crippen molar-refractivity contribution in [2.45, 2.75) is 20.5 Å². The first-order chi connectivity index (χ1) is 12.1. The maximum absolute atomic E-state index is 11.1. The van der Waals surface area contributed by atoms with E-state index in [1.54, 1.807) is 6.21 Å². The molecule has 3 rings (SSSR count). The minimum Gasteiger partial charge on any atom is -0.488 e. The van der Waals surface area contributed by atoms with Crippen LogP contribution in [0.4, 0.5) is 0 Å². The highest BCUT2D eigenvalue weighted by atomic mass is 16.5. The average molecular weight is 332 g/mol. The van der Waals surface area contributed by atoms with E-state index in [-0.39, 0.29) is 5.91 Å². The van der Waals surface area contributed by atoms with E-state index in [1.807, 2.05) is 36.4 Å². The molecule has 3 aromatic carbocycles. The van der Waals surface area contributed by atoms with Gasteiger partial charge in [-0.3, -0.25) is 4.79 Å². The average Bonchev–Trinajstić information content (AvgIpc) is 2.62. The van der Waals surface area contributed by atoms with Gasteiger partial charge in [-0.15, -0.1) is 0 Å². The highest BCUT2D eigenvalue weighted by Crippen LogP contribution is 2.27. The van der Waals surface area contributed by atoms with Crippen LogP contribution in [0.25, 0.3) is 10.8 Å². The fraction of sp³-hybridized carbons (Fsp3) is 0.143. The van der Waals surface area contributed by atoms with Gasteiger partial charge in [0.1, 0.15) is 12.4 Å². The number of aryl methyl sites for hydroxylation is 1. The van der Waals surface area contributed by atoms with Crippen LogP contribution in [0.3, 0.4) is 0 Å². The highest BCUT2D eigenvalue weighted by Gasteiger charge is 2.07. The Morgan fingerprint density at radius 1 is 1.08 bits per heavy atom. The van der Waals surface area contributed by atoms with E-state index in [1.165, 1.54) is 12.5 Å². The van der Waals surface area contributed by atoms with Gasteiger partial charge in [0.05, 0.1) is 6.21 Å². The van der Waals surface area contributed by atoms with Crippen LogP contribution in [0.15, 0.2) is 65.8 Å². The molecule has 0 heterocycles. The first-order valence-corrected chi connectivity index (χ1v) is 8.13. The second-order valence-electron chi connectivity index (χ2n) is 5.90. The molecule has 0 aromatic heterocycles. The van der Waals surface area contributed by atoms with Crippen LogP contribution in [0, 0.1) is 6.92 Å². The normalized spacial score (nSPS) is 11.0. The van der Waals surface area contributed by atoms with Gasteiger partial charge in [-0.2, -0.15) is 5.10 Å². The number of carbonyl (C=O) groups excluding carboxylic acids is 1. The molecule has 1 N–H and O–H groups in total. The number of nitrogens with zero attached hydrogens (tertiary/aromatic N) is 1. The third-order valence-electron chi connectivity index (χ3n) is 3.86. The number of nitrogens with one attached hydrogen (secondary N) is 1. The predicted octanol–water partition coefficient (Wildman–Crippen LogP) is 4.20. The zero-order valence-corrected chi connectivity index (χ0v) is 14.3. The van der Waals surface area contributed by atoms with Crippen molar-refractivity contribution >= 4 is 22.9 Å². The lowest BCUT2D eigenvalue weighted by Gasteiger charge is -2.12. The van der Waals surface area contributed by atoms with E-state index < -0.39 is 0 Å². The molecular weight excluding hydrogens is 312 g/mol. The summed E-state index contributed by atoms with van der Waals surface area (Å²) in [5, 5.41) is 6.13. The summed E-state index contributed by atoms with van der Waals surface area (Å²) in [6.45, 7) is 3.96. The molecule has 0 bridgehead atoms. The fourth-order valence-corrected chi connectivity index (χ4v) is 2.57. The Morgan fingerprint density at radius 2 is 1.84 bits per heavy atom. The zero-order chi connectivity index (χ0) is 17.6. The standard InChI is InChI=1S/C21H20N2O2/c1-15-7-9-17(10-8-15)14-25-21-12-11-18-5-3-4-6-19(18)20(21)13-22-23-16(2)24/h3-13H,14H2,1-2H3,(H,23,24)/b22-13-. The number of amides is 1. The SMILES string of the molecule is CC(=O)N/N=C\c1c(OCc2ccc(C)cc2)ccc2ccccc12. The van der Waals surface area contributed by atoms with Crippen molar-refractivity contribution in [1.82, 2.24) is 5.43 Å². The van der Waals surface area contributed by atoms with Crippen LogP contribution >= 0.6 is 0 Å². The molecule has 0 aliphatic rings. The first-order valence-electron chi connectivity index (χ1n) is 8.13. The molecule has 0 unspecified atom stereocenters. The van der Waals surface area contributed by atoms with Gasteiger partial charge < -0.3 is 4.74 Å². The van der Waals surface area contributed by atoms with E-state index in [2.05, 4.69) is 41.7 Å². The Morgan fingerprint density at radius 3 is 2.60 bits per heavy atom. The summed E-state index contributed by atoms with van der Waals surface area (Å²) in [5.41, 5.74) is 5.61. The Labute approximate surface area is 147 Å². The van der Waals surface area contributed by atoms with Crippen LogP contribution in [-0.2, 0) is 11.4 Å². The van der Waals surface area contributed by atoms with Crippen molar-refractivity contribution in [3.05, 3.63) is 77.4 Å². The van der Waals surface area contributed by atoms with E-state index in [9.17, 15) is 4.79 Å². The highest BCUT2D eigenvalue weighted by molar-refractivity contribution is 6.02. The molecule has 1 amide bonds. The van der Waals surface area contributed by atoms with Crippen molar-refractivity contribution in [2.24, 2.45) is 5.10 Å². The molecule has 0 radical (unpaired) electrons. The van der Waals surface area contributed by atoms with Crippen LogP contribution < -0.4 is 10.2 Å². The topological polar surface area (TPSA) is 50.7 Å². The van der Waals surface area contributed by atoms with E-state index in [0.29, 0.717) is 6.61 Å². The van der Waals surface area contributed by atoms with Gasteiger partial charge in [0.25, 0.3) is 0 Å². The molecule has 25 heavy (non-hydrogen) atoms. The summed E-state index contributed by atoms with van der Waals surface area (Å²) in [7, 11) is 0. The van der Waals surface area contributed by atoms with Crippen molar-refractivity contribution in [1.29, 1.82) is 0 Å². The maximum atomic E-state index is 11.1. The second-order valence-corrected chi connectivity index (χ2v) is 5.90. The molecular formula is C21H20N2O2. The molecule has 4 heteroatoms. The Balaban J connectivity index is 1.91. The van der Waals surface area contributed by atoms with Crippen molar-refractivity contribution in [3.63, 3.8) is 0 Å². The number of carbonyl (C=O) groups is 1. The predicted molar refractivity (Wildman–Crippen MR) is 101 cm³/mol. The van der Waals surface area contributed by atoms with Crippen LogP contribution in [0.5, 0.6) is 5.75 Å². The molecule has 0 saturated heterocycles. The van der Waals surface area contributed by atoms with Crippen LogP contribution in [0.1, 0.15) is 23.6 Å². The van der Waals surface area contributed by atoms with Crippen LogP contribution in [0.2, 0.25) is 0 Å². The molecule has 4 nitrogen and oxygen atoms in total. The Hall–Kier alpha value is -3.14. The number of benzene rings is 3. The summed E-state index contributed by atoms with van der Waals surface area (Å²) in [4.78, 5) is 11.1. The lowest BCUT2D eigenvalue weighted by molar-refractivity contribution is -0.118. The minimum atomic E-state index is -0.210. The number of fused-ring (bicyclic) bond motifs is 1. The first kappa shape index (κ1) is 16.7. The molecule has 0 atom stereocenters. The zero-order valence-electron chi connectivity index (χ0n) is 14.3. The number of hydrazone groups is 1. The van der Waals surface area contributed by atoms with Gasteiger partial charge in [0, 0.05) is 12.5 Å². The second kappa shape index (κ2) is 7.62. The van der Waals surface area contributed by atoms with Gasteiger partial charge in [0.2, 0.25) is 5.91 Å². The maximum Gasteiger partial charge on any atom is 0.236 e. The van der Waals surface area contributed by atoms with E-state index in [0.717, 1.165) is 27.6 Å². The van der Waals surface area contributed by atoms with Crippen LogP contribution in [-0.4, -0.2) is 12.1 Å². The summed E-state index contributed by atoms with van der Waals surface area (Å²) in [5.74, 6) is 0.520. The lowest BCUT2D eigenvalue weighted by atomic mass is 10.0. The summed E-state index contributed by atoms with van der Waals surface area (Å²) in [6, 6.07) is 20.2. The summed E-state index contributed by atoms with van der Waals surface area (Å²) >= 11 is 0. The molecule has 0 aliphatic carbocycles. The van der Waals surface area contributed by atoms with Crippen molar-refractivity contribution < 1.29 is 9.53 Å². The summed E-state index contributed by atoms with van der Waals surface area (Å²) in [6.07, 6.45) is 1.63. The number of hydrogen-bond donors (Lipinski definition) is 1. The molecule has 0 saturated carbocycles. The fourth-order valence-electron chi connectivity index (χ4n) is 2.57. The van der Waals surface area contributed by atoms with Gasteiger partial charge in [0.15, 0.2) is 0 Å². The van der Waals surface area contributed by atoms with Crippen molar-refractivity contribution in [2.75, 3.05) is 0 Å². The largest absolute Gasteiger partial charge is 0.488 e. The molecule has 126 valence electrons. The monoisotopic (exact) mass is 332 g/mol. The number of rotatable bonds is 5. The van der Waals surface area contributed by atoms with Crippen molar-refractivity contribution in [3.8, 4) is 5.75 Å². The van der Waals surface area contributed by atoms with Gasteiger partial charge in [-0.1, -0.05) is 60.2 Å². The number of hydrogen-bond acceptors (Lipinski definition) is 3. The van der Waals surface area contributed by atoms with Gasteiger partial charge in [-0.25, -0.2) is 5.43 Å². The minimum absolute atomic E-state index is 0.210. The molecule has 0 aliphatic heterocycles. The molecule has 3 aromatic rings. The quantitative estimate of drug-likeness (QED) is 0.562. The summed E-state index contributed by atoms with van der Waals surface area (Å²) < 4.78 is 6.02. The Kier molecular flexibility index (Phi) is 5.09. The van der Waals surface area contributed by atoms with Gasteiger partial charge in [-0.05, 0) is 29.3 Å². The van der Waals surface area contributed by atoms with E-state index in [4.69, 9.17) is 4.74 Å². The van der Waals surface area contributed by atoms with E-state index >= 15 is 0 Å². The number of ether oxygens (including phenoxy) is 1. The third-order valence-corrected chi connectivity index (χ3v) is 3.86. The smallest absolute Gasteiger partial charge is 0.236 e. The lowest BCUT2D eigenvalue weighted by Crippen LogP contribution is -2.12. The van der Waals surface area contributed by atoms with Gasteiger partial charge >= 0.3 is 0 Å². The third kappa shape index (κ3) is 4.23. The Bertz CT molecular complexity index is 915. The molecule has 0 fully saturated rings.